The summed E-state index contributed by atoms with van der Waals surface area (Å²) in [7, 11) is 0. The van der Waals surface area contributed by atoms with Gasteiger partial charge in [0.15, 0.2) is 5.79 Å². The van der Waals surface area contributed by atoms with E-state index < -0.39 is 5.79 Å². The van der Waals surface area contributed by atoms with Crippen LogP contribution in [0.3, 0.4) is 0 Å². The maximum absolute atomic E-state index is 9.46. The van der Waals surface area contributed by atoms with E-state index in [9.17, 15) is 5.11 Å². The van der Waals surface area contributed by atoms with Crippen LogP contribution in [0.15, 0.2) is 11.6 Å². The fourth-order valence-corrected chi connectivity index (χ4v) is 2.72. The first-order chi connectivity index (χ1) is 7.83. The second-order valence-corrected chi connectivity index (χ2v) is 6.55. The van der Waals surface area contributed by atoms with Gasteiger partial charge in [-0.2, -0.15) is 0 Å². The zero-order valence-corrected chi connectivity index (χ0v) is 11.4. The largest absolute Gasteiger partial charge is 0.392 e. The molecule has 0 radical (unpaired) electrons. The fraction of sp³-hybridized carbons (Fsp3) is 0.857. The van der Waals surface area contributed by atoms with Gasteiger partial charge < -0.3 is 14.6 Å². The molecular weight excluding hydrogens is 216 g/mol. The van der Waals surface area contributed by atoms with Gasteiger partial charge in [-0.3, -0.25) is 0 Å². The van der Waals surface area contributed by atoms with Crippen molar-refractivity contribution in [1.82, 2.24) is 0 Å². The summed E-state index contributed by atoms with van der Waals surface area (Å²) in [6, 6.07) is 0. The Morgan fingerprint density at radius 3 is 2.29 bits per heavy atom. The van der Waals surface area contributed by atoms with Crippen LogP contribution in [0.5, 0.6) is 0 Å². The number of aliphatic hydroxyl groups is 1. The van der Waals surface area contributed by atoms with Crippen LogP contribution in [-0.4, -0.2) is 30.7 Å². The van der Waals surface area contributed by atoms with Gasteiger partial charge >= 0.3 is 0 Å². The molecule has 0 aromatic rings. The first-order valence-corrected chi connectivity index (χ1v) is 6.41. The molecule has 2 aliphatic rings. The fourth-order valence-electron chi connectivity index (χ4n) is 2.72. The average molecular weight is 240 g/mol. The number of aliphatic hydroxyl groups excluding tert-OH is 1. The molecule has 98 valence electrons. The van der Waals surface area contributed by atoms with Crippen LogP contribution in [0.1, 0.15) is 40.5 Å². The predicted octanol–water partition coefficient (Wildman–Crippen LogP) is 2.49. The number of ether oxygens (including phenoxy) is 2. The third-order valence-electron chi connectivity index (χ3n) is 4.18. The van der Waals surface area contributed by atoms with Crippen LogP contribution < -0.4 is 0 Å². The van der Waals surface area contributed by atoms with Gasteiger partial charge in [-0.05, 0) is 12.0 Å². The van der Waals surface area contributed by atoms with Crippen molar-refractivity contribution in [3.8, 4) is 0 Å². The Hall–Kier alpha value is -0.380. The summed E-state index contributed by atoms with van der Waals surface area (Å²) < 4.78 is 12.2. The lowest BCUT2D eigenvalue weighted by atomic mass is 9.70. The van der Waals surface area contributed by atoms with Crippen molar-refractivity contribution in [2.75, 3.05) is 19.8 Å². The standard InChI is InChI=1S/C14H24O3/c1-12(2)9-16-14(17-10-12)7-5-6-11(8-15)13(14,3)4/h6,15H,5,7-10H2,1-4H3. The highest BCUT2D eigenvalue weighted by Gasteiger charge is 2.53. The Balaban J connectivity index is 2.25. The van der Waals surface area contributed by atoms with Crippen LogP contribution in [0, 0.1) is 10.8 Å². The Labute approximate surface area is 104 Å². The van der Waals surface area contributed by atoms with Crippen LogP contribution in [0.4, 0.5) is 0 Å². The summed E-state index contributed by atoms with van der Waals surface area (Å²) in [6.07, 6.45) is 3.91. The van der Waals surface area contributed by atoms with Crippen molar-refractivity contribution in [2.24, 2.45) is 10.8 Å². The van der Waals surface area contributed by atoms with E-state index in [0.29, 0.717) is 0 Å². The second-order valence-electron chi connectivity index (χ2n) is 6.55. The van der Waals surface area contributed by atoms with Crippen LogP contribution >= 0.6 is 0 Å². The highest BCUT2D eigenvalue weighted by Crippen LogP contribution is 2.50. The molecule has 1 heterocycles. The van der Waals surface area contributed by atoms with Crippen LogP contribution in [-0.2, 0) is 9.47 Å². The highest BCUT2D eigenvalue weighted by atomic mass is 16.7. The molecule has 1 spiro atoms. The van der Waals surface area contributed by atoms with Crippen molar-refractivity contribution in [3.05, 3.63) is 11.6 Å². The summed E-state index contributed by atoms with van der Waals surface area (Å²) in [4.78, 5) is 0. The van der Waals surface area contributed by atoms with Gasteiger partial charge in [0.25, 0.3) is 0 Å². The van der Waals surface area contributed by atoms with Gasteiger partial charge in [-0.15, -0.1) is 0 Å². The monoisotopic (exact) mass is 240 g/mol. The first kappa shape index (κ1) is 13.1. The van der Waals surface area contributed by atoms with Crippen molar-refractivity contribution in [2.45, 2.75) is 46.3 Å². The van der Waals surface area contributed by atoms with Gasteiger partial charge in [0, 0.05) is 17.3 Å². The Morgan fingerprint density at radius 1 is 1.18 bits per heavy atom. The van der Waals surface area contributed by atoms with E-state index in [0.717, 1.165) is 31.6 Å². The molecule has 1 aliphatic heterocycles. The Bertz CT molecular complexity index is 318. The van der Waals surface area contributed by atoms with Crippen molar-refractivity contribution in [1.29, 1.82) is 0 Å². The minimum atomic E-state index is -0.546. The molecule has 0 unspecified atom stereocenters. The summed E-state index contributed by atoms with van der Waals surface area (Å²) in [6.45, 7) is 10.0. The van der Waals surface area contributed by atoms with E-state index in [1.165, 1.54) is 0 Å². The SMILES string of the molecule is CC1(C)COC2(CCC=C(CO)C2(C)C)OC1. The molecule has 1 saturated heterocycles. The van der Waals surface area contributed by atoms with Gasteiger partial charge in [0.2, 0.25) is 0 Å². The number of rotatable bonds is 1. The van der Waals surface area contributed by atoms with Gasteiger partial charge in [0.1, 0.15) is 0 Å². The van der Waals surface area contributed by atoms with Crippen LogP contribution in [0.25, 0.3) is 0 Å². The van der Waals surface area contributed by atoms with Crippen molar-refractivity contribution in [3.63, 3.8) is 0 Å². The van der Waals surface area contributed by atoms with E-state index >= 15 is 0 Å². The first-order valence-electron chi connectivity index (χ1n) is 6.41. The molecule has 0 saturated carbocycles. The molecule has 3 nitrogen and oxygen atoms in total. The van der Waals surface area contributed by atoms with E-state index in [1.807, 2.05) is 0 Å². The average Bonchev–Trinajstić information content (AvgIpc) is 2.25. The van der Waals surface area contributed by atoms with E-state index in [1.54, 1.807) is 0 Å². The molecule has 1 fully saturated rings. The molecule has 3 heteroatoms. The lowest BCUT2D eigenvalue weighted by Gasteiger charge is -2.53. The maximum atomic E-state index is 9.46. The lowest BCUT2D eigenvalue weighted by Crippen LogP contribution is -2.58. The summed E-state index contributed by atoms with van der Waals surface area (Å²) >= 11 is 0. The molecular formula is C14H24O3. The molecule has 17 heavy (non-hydrogen) atoms. The number of hydrogen-bond acceptors (Lipinski definition) is 3. The third-order valence-corrected chi connectivity index (χ3v) is 4.18. The van der Waals surface area contributed by atoms with Crippen molar-refractivity contribution >= 4 is 0 Å². The lowest BCUT2D eigenvalue weighted by molar-refractivity contribution is -0.341. The smallest absolute Gasteiger partial charge is 0.177 e. The third kappa shape index (κ3) is 2.05. The topological polar surface area (TPSA) is 38.7 Å². The minimum absolute atomic E-state index is 0.0852. The summed E-state index contributed by atoms with van der Waals surface area (Å²) in [5, 5.41) is 9.46. The zero-order valence-electron chi connectivity index (χ0n) is 11.4. The Kier molecular flexibility index (Phi) is 3.13. The molecule has 0 aromatic carbocycles. The molecule has 2 rings (SSSR count). The Morgan fingerprint density at radius 2 is 1.76 bits per heavy atom. The van der Waals surface area contributed by atoms with Gasteiger partial charge in [-0.1, -0.05) is 33.8 Å². The summed E-state index contributed by atoms with van der Waals surface area (Å²) in [5.41, 5.74) is 0.863. The molecule has 0 bridgehead atoms. The molecule has 0 amide bonds. The zero-order chi connectivity index (χ0) is 12.7. The van der Waals surface area contributed by atoms with E-state index in [4.69, 9.17) is 9.47 Å². The number of allylic oxidation sites excluding steroid dienone is 1. The van der Waals surface area contributed by atoms with E-state index in [-0.39, 0.29) is 17.4 Å². The molecule has 1 N–H and O–H groups in total. The van der Waals surface area contributed by atoms with Gasteiger partial charge in [0.05, 0.1) is 19.8 Å². The second kappa shape index (κ2) is 4.08. The van der Waals surface area contributed by atoms with E-state index in [2.05, 4.69) is 33.8 Å². The summed E-state index contributed by atoms with van der Waals surface area (Å²) in [5.74, 6) is -0.546. The molecule has 0 atom stereocenters. The normalized spacial score (nSPS) is 30.1. The molecule has 1 aliphatic carbocycles. The molecule has 0 aromatic heterocycles. The highest BCUT2D eigenvalue weighted by molar-refractivity contribution is 5.21. The maximum Gasteiger partial charge on any atom is 0.177 e. The minimum Gasteiger partial charge on any atom is -0.392 e. The van der Waals surface area contributed by atoms with Crippen LogP contribution in [0.2, 0.25) is 0 Å². The predicted molar refractivity (Wildman–Crippen MR) is 66.6 cm³/mol. The van der Waals surface area contributed by atoms with Gasteiger partial charge in [-0.25, -0.2) is 0 Å². The van der Waals surface area contributed by atoms with Crippen molar-refractivity contribution < 1.29 is 14.6 Å². The quantitative estimate of drug-likeness (QED) is 0.716. The number of hydrogen-bond donors (Lipinski definition) is 1.